The average molecular weight is 438 g/mol. The van der Waals surface area contributed by atoms with Crippen molar-refractivity contribution >= 4 is 35.3 Å². The molecule has 0 spiro atoms. The molecule has 0 bridgehead atoms. The van der Waals surface area contributed by atoms with Crippen LogP contribution in [0, 0.1) is 6.92 Å². The summed E-state index contributed by atoms with van der Waals surface area (Å²) in [5.41, 5.74) is 5.62. The number of aryl methyl sites for hydroxylation is 1. The van der Waals surface area contributed by atoms with Crippen molar-refractivity contribution < 1.29 is 9.59 Å². The van der Waals surface area contributed by atoms with Crippen LogP contribution in [0.3, 0.4) is 0 Å². The van der Waals surface area contributed by atoms with Gasteiger partial charge in [0.25, 0.3) is 5.91 Å². The van der Waals surface area contributed by atoms with Crippen LogP contribution in [-0.2, 0) is 11.3 Å². The van der Waals surface area contributed by atoms with Crippen LogP contribution in [0.25, 0.3) is 6.08 Å². The van der Waals surface area contributed by atoms with Gasteiger partial charge in [-0.2, -0.15) is 0 Å². The van der Waals surface area contributed by atoms with Gasteiger partial charge >= 0.3 is 6.03 Å². The first-order chi connectivity index (χ1) is 14.6. The van der Waals surface area contributed by atoms with E-state index in [1.54, 1.807) is 12.1 Å². The zero-order valence-electron chi connectivity index (χ0n) is 18.6. The summed E-state index contributed by atoms with van der Waals surface area (Å²) >= 11 is 6.21. The van der Waals surface area contributed by atoms with Gasteiger partial charge in [-0.25, -0.2) is 4.79 Å². The number of urea groups is 1. The molecule has 1 atom stereocenters. The van der Waals surface area contributed by atoms with Crippen molar-refractivity contribution in [3.8, 4) is 0 Å². The molecule has 0 saturated carbocycles. The first kappa shape index (κ1) is 21.4. The molecule has 2 aliphatic heterocycles. The van der Waals surface area contributed by atoms with E-state index >= 15 is 0 Å². The molecule has 2 aromatic carbocycles. The van der Waals surface area contributed by atoms with Crippen LogP contribution >= 0.6 is 11.6 Å². The number of nitrogens with zero attached hydrogens (tertiary/aromatic N) is 2. The summed E-state index contributed by atoms with van der Waals surface area (Å²) in [6.07, 6.45) is 2.84. The average Bonchev–Trinajstić information content (AvgIpc) is 2.96. The molecular formula is C25H28ClN3O2. The number of imide groups is 1. The van der Waals surface area contributed by atoms with Gasteiger partial charge in [0.1, 0.15) is 5.70 Å². The molecule has 31 heavy (non-hydrogen) atoms. The second-order valence-electron chi connectivity index (χ2n) is 9.22. The van der Waals surface area contributed by atoms with Crippen LogP contribution < -0.4 is 10.2 Å². The van der Waals surface area contributed by atoms with E-state index in [9.17, 15) is 9.59 Å². The summed E-state index contributed by atoms with van der Waals surface area (Å²) in [7, 11) is 2.13. The Kier molecular flexibility index (Phi) is 5.34. The summed E-state index contributed by atoms with van der Waals surface area (Å²) in [4.78, 5) is 29.0. The summed E-state index contributed by atoms with van der Waals surface area (Å²) in [6, 6.07) is 11.1. The first-order valence-electron chi connectivity index (χ1n) is 10.5. The number of amides is 3. The van der Waals surface area contributed by atoms with Crippen LogP contribution in [0.15, 0.2) is 42.1 Å². The Bertz CT molecular complexity index is 1110. The van der Waals surface area contributed by atoms with E-state index < -0.39 is 6.03 Å². The Hall–Kier alpha value is -2.79. The third kappa shape index (κ3) is 3.83. The van der Waals surface area contributed by atoms with Gasteiger partial charge in [-0.3, -0.25) is 9.69 Å². The molecule has 2 aliphatic rings. The van der Waals surface area contributed by atoms with Crippen molar-refractivity contribution in [2.24, 2.45) is 0 Å². The van der Waals surface area contributed by atoms with E-state index in [4.69, 9.17) is 11.6 Å². The topological polar surface area (TPSA) is 52.7 Å². The number of hydrogen-bond donors (Lipinski definition) is 1. The minimum absolute atomic E-state index is 0.0907. The number of rotatable bonds is 3. The van der Waals surface area contributed by atoms with Crippen LogP contribution in [0.5, 0.6) is 0 Å². The molecule has 0 aliphatic carbocycles. The second-order valence-corrected chi connectivity index (χ2v) is 9.62. The molecule has 6 heteroatoms. The highest BCUT2D eigenvalue weighted by Gasteiger charge is 2.36. The fourth-order valence-corrected chi connectivity index (χ4v) is 4.75. The number of halogens is 1. The number of hydrogen-bond acceptors (Lipinski definition) is 3. The Labute approximate surface area is 188 Å². The predicted octanol–water partition coefficient (Wildman–Crippen LogP) is 5.46. The van der Waals surface area contributed by atoms with Crippen molar-refractivity contribution in [1.29, 1.82) is 0 Å². The summed E-state index contributed by atoms with van der Waals surface area (Å²) < 4.78 is 0. The van der Waals surface area contributed by atoms with Crippen LogP contribution in [-0.4, -0.2) is 29.4 Å². The number of anilines is 1. The fourth-order valence-electron chi connectivity index (χ4n) is 4.56. The Morgan fingerprint density at radius 2 is 1.94 bits per heavy atom. The second kappa shape index (κ2) is 7.72. The predicted molar refractivity (Wildman–Crippen MR) is 125 cm³/mol. The summed E-state index contributed by atoms with van der Waals surface area (Å²) in [5, 5.41) is 3.26. The zero-order valence-corrected chi connectivity index (χ0v) is 19.4. The van der Waals surface area contributed by atoms with Crippen molar-refractivity contribution in [2.45, 2.75) is 52.1 Å². The molecule has 3 amide bonds. The molecule has 2 heterocycles. The van der Waals surface area contributed by atoms with E-state index in [1.165, 1.54) is 16.2 Å². The highest BCUT2D eigenvalue weighted by molar-refractivity contribution is 6.31. The van der Waals surface area contributed by atoms with Gasteiger partial charge in [0.05, 0.1) is 6.54 Å². The van der Waals surface area contributed by atoms with Gasteiger partial charge in [0, 0.05) is 23.3 Å². The smallest absolute Gasteiger partial charge is 0.329 e. The number of benzene rings is 2. The molecular weight excluding hydrogens is 410 g/mol. The molecule has 0 aromatic heterocycles. The van der Waals surface area contributed by atoms with Gasteiger partial charge in [-0.15, -0.1) is 0 Å². The van der Waals surface area contributed by atoms with Gasteiger partial charge in [-0.1, -0.05) is 36.7 Å². The number of fused-ring (bicyclic) bond motifs is 1. The molecule has 1 unspecified atom stereocenters. The van der Waals surface area contributed by atoms with Gasteiger partial charge in [-0.05, 0) is 79.6 Å². The van der Waals surface area contributed by atoms with E-state index in [0.717, 1.165) is 23.1 Å². The molecule has 5 nitrogen and oxygen atoms in total. The minimum Gasteiger partial charge on any atom is -0.369 e. The Morgan fingerprint density at radius 1 is 1.23 bits per heavy atom. The molecule has 0 radical (unpaired) electrons. The summed E-state index contributed by atoms with van der Waals surface area (Å²) in [5.74, 6) is 0.0675. The number of carbonyl (C=O) groups is 2. The van der Waals surface area contributed by atoms with Gasteiger partial charge in [0.2, 0.25) is 0 Å². The first-order valence-corrected chi connectivity index (χ1v) is 10.9. The Balaban J connectivity index is 1.65. The van der Waals surface area contributed by atoms with Crippen molar-refractivity contribution in [2.75, 3.05) is 11.9 Å². The van der Waals surface area contributed by atoms with Gasteiger partial charge in [0.15, 0.2) is 0 Å². The van der Waals surface area contributed by atoms with E-state index in [1.807, 2.05) is 25.1 Å². The highest BCUT2D eigenvalue weighted by atomic mass is 35.5. The minimum atomic E-state index is -0.429. The Morgan fingerprint density at radius 3 is 2.65 bits per heavy atom. The van der Waals surface area contributed by atoms with Crippen molar-refractivity contribution in [1.82, 2.24) is 10.2 Å². The monoisotopic (exact) mass is 437 g/mol. The maximum absolute atomic E-state index is 13.0. The molecule has 1 saturated heterocycles. The van der Waals surface area contributed by atoms with E-state index in [-0.39, 0.29) is 23.7 Å². The van der Waals surface area contributed by atoms with Crippen molar-refractivity contribution in [3.63, 3.8) is 0 Å². The maximum Gasteiger partial charge on any atom is 0.329 e. The lowest BCUT2D eigenvalue weighted by Gasteiger charge is -2.45. The van der Waals surface area contributed by atoms with Crippen LogP contribution in [0.1, 0.15) is 55.4 Å². The molecule has 1 fully saturated rings. The summed E-state index contributed by atoms with van der Waals surface area (Å²) in [6.45, 7) is 8.95. The quantitative estimate of drug-likeness (QED) is 0.512. The van der Waals surface area contributed by atoms with Crippen LogP contribution in [0.2, 0.25) is 5.02 Å². The molecule has 162 valence electrons. The third-order valence-corrected chi connectivity index (χ3v) is 6.94. The van der Waals surface area contributed by atoms with E-state index in [0.29, 0.717) is 10.9 Å². The molecule has 1 N–H and O–H groups in total. The number of nitrogens with one attached hydrogen (secondary N) is 1. The third-order valence-electron chi connectivity index (χ3n) is 6.57. The lowest BCUT2D eigenvalue weighted by molar-refractivity contribution is -0.123. The van der Waals surface area contributed by atoms with Gasteiger partial charge < -0.3 is 10.2 Å². The van der Waals surface area contributed by atoms with Crippen LogP contribution in [0.4, 0.5) is 10.5 Å². The highest BCUT2D eigenvalue weighted by Crippen LogP contribution is 2.43. The standard InChI is InChI=1S/C25H28ClN3O2/c1-15-10-22-19(16(2)13-25(3,4)28(22)5)11-18(15)12-21-23(30)29(24(31)27-21)14-17-8-6-7-9-20(17)26/h6-12,16H,13-14H2,1-5H3,(H,27,31)/b21-12+. The van der Waals surface area contributed by atoms with Crippen molar-refractivity contribution in [3.05, 3.63) is 69.4 Å². The maximum atomic E-state index is 13.0. The molecule has 4 rings (SSSR count). The lowest BCUT2D eigenvalue weighted by atomic mass is 9.79. The van der Waals surface area contributed by atoms with E-state index in [2.05, 4.69) is 50.2 Å². The fraction of sp³-hybridized carbons (Fsp3) is 0.360. The SMILES string of the molecule is Cc1cc2c(cc1/C=C1/NC(=O)N(Cc3ccccc3Cl)C1=O)C(C)CC(C)(C)N2C. The normalized spacial score (nSPS) is 21.5. The zero-order chi connectivity index (χ0) is 22.5. The molecule has 2 aromatic rings. The number of carbonyl (C=O) groups excluding carboxylic acids is 2. The lowest BCUT2D eigenvalue weighted by Crippen LogP contribution is -2.45. The largest absolute Gasteiger partial charge is 0.369 e.